The second-order valence-electron chi connectivity index (χ2n) is 8.11. The van der Waals surface area contributed by atoms with E-state index in [2.05, 4.69) is 0 Å². The van der Waals surface area contributed by atoms with Gasteiger partial charge in [-0.25, -0.2) is 9.69 Å². The normalized spacial score (nSPS) is 17.9. The lowest BCUT2D eigenvalue weighted by Crippen LogP contribution is -2.48. The van der Waals surface area contributed by atoms with Gasteiger partial charge in [0, 0.05) is 12.0 Å². The van der Waals surface area contributed by atoms with E-state index in [0.29, 0.717) is 18.0 Å². The van der Waals surface area contributed by atoms with Gasteiger partial charge in [-0.05, 0) is 41.7 Å². The standard InChI is InChI=1S/C26H27N3O3/c27-23-16-22(23)20-11-13-21(14-12-20)29(26(31)32-17-19-9-5-2-6-10-19)25(30)24(28)15-18-7-3-1-4-8-18/h1-14,22-24H,15-17,27-28H2/t22?,23?,24-/m1/s1. The van der Waals surface area contributed by atoms with E-state index in [1.807, 2.05) is 72.8 Å². The average molecular weight is 430 g/mol. The zero-order chi connectivity index (χ0) is 22.5. The van der Waals surface area contributed by atoms with Crippen LogP contribution in [0.5, 0.6) is 0 Å². The van der Waals surface area contributed by atoms with Crippen LogP contribution in [0.1, 0.15) is 29.0 Å². The van der Waals surface area contributed by atoms with Gasteiger partial charge in [0.2, 0.25) is 0 Å². The molecule has 1 saturated carbocycles. The van der Waals surface area contributed by atoms with Crippen LogP contribution in [0.2, 0.25) is 0 Å². The Morgan fingerprint density at radius 1 is 0.906 bits per heavy atom. The molecule has 1 aliphatic carbocycles. The van der Waals surface area contributed by atoms with Crippen molar-refractivity contribution in [3.8, 4) is 0 Å². The number of rotatable bonds is 7. The van der Waals surface area contributed by atoms with Gasteiger partial charge in [0.05, 0.1) is 11.7 Å². The van der Waals surface area contributed by atoms with Crippen molar-refractivity contribution in [1.82, 2.24) is 0 Å². The van der Waals surface area contributed by atoms with Crippen LogP contribution in [-0.4, -0.2) is 24.1 Å². The van der Waals surface area contributed by atoms with Gasteiger partial charge in [-0.2, -0.15) is 0 Å². The van der Waals surface area contributed by atoms with Gasteiger partial charge in [0.25, 0.3) is 5.91 Å². The third-order valence-electron chi connectivity index (χ3n) is 5.64. The fraction of sp³-hybridized carbons (Fsp3) is 0.231. The van der Waals surface area contributed by atoms with Gasteiger partial charge >= 0.3 is 6.09 Å². The smallest absolute Gasteiger partial charge is 0.421 e. The highest BCUT2D eigenvalue weighted by atomic mass is 16.6. The van der Waals surface area contributed by atoms with Gasteiger partial charge < -0.3 is 16.2 Å². The summed E-state index contributed by atoms with van der Waals surface area (Å²) in [5, 5.41) is 0. The van der Waals surface area contributed by atoms with Gasteiger partial charge in [0.15, 0.2) is 0 Å². The zero-order valence-electron chi connectivity index (χ0n) is 17.8. The maximum Gasteiger partial charge on any atom is 0.421 e. The topological polar surface area (TPSA) is 98.6 Å². The van der Waals surface area contributed by atoms with Crippen molar-refractivity contribution in [2.45, 2.75) is 37.5 Å². The minimum Gasteiger partial charge on any atom is -0.444 e. The number of nitrogens with two attached hydrogens (primary N) is 2. The van der Waals surface area contributed by atoms with Gasteiger partial charge in [-0.15, -0.1) is 0 Å². The summed E-state index contributed by atoms with van der Waals surface area (Å²) in [7, 11) is 0. The predicted octanol–water partition coefficient (Wildman–Crippen LogP) is 3.74. The van der Waals surface area contributed by atoms with Crippen molar-refractivity contribution < 1.29 is 14.3 Å². The van der Waals surface area contributed by atoms with E-state index >= 15 is 0 Å². The summed E-state index contributed by atoms with van der Waals surface area (Å²) in [5.74, 6) is -0.179. The van der Waals surface area contributed by atoms with Gasteiger partial charge in [-0.1, -0.05) is 72.8 Å². The second-order valence-corrected chi connectivity index (χ2v) is 8.11. The Hall–Kier alpha value is -3.48. The number of imide groups is 1. The molecule has 2 unspecified atom stereocenters. The minimum atomic E-state index is -0.891. The van der Waals surface area contributed by atoms with Crippen molar-refractivity contribution in [1.29, 1.82) is 0 Å². The molecule has 4 rings (SSSR count). The lowest BCUT2D eigenvalue weighted by Gasteiger charge is -2.24. The molecule has 0 aliphatic heterocycles. The van der Waals surface area contributed by atoms with E-state index < -0.39 is 18.0 Å². The maximum atomic E-state index is 13.3. The van der Waals surface area contributed by atoms with Gasteiger partial charge in [0.1, 0.15) is 6.61 Å². The van der Waals surface area contributed by atoms with Crippen molar-refractivity contribution in [2.24, 2.45) is 11.5 Å². The van der Waals surface area contributed by atoms with E-state index in [4.69, 9.17) is 16.2 Å². The predicted molar refractivity (Wildman–Crippen MR) is 124 cm³/mol. The first-order chi connectivity index (χ1) is 15.5. The number of hydrogen-bond donors (Lipinski definition) is 2. The van der Waals surface area contributed by atoms with Crippen molar-refractivity contribution in [3.63, 3.8) is 0 Å². The Morgan fingerprint density at radius 3 is 2.03 bits per heavy atom. The molecule has 0 radical (unpaired) electrons. The molecule has 0 aromatic heterocycles. The maximum absolute atomic E-state index is 13.3. The van der Waals surface area contributed by atoms with E-state index in [1.54, 1.807) is 12.1 Å². The number of amides is 2. The molecule has 6 nitrogen and oxygen atoms in total. The summed E-state index contributed by atoms with van der Waals surface area (Å²) in [5.41, 5.74) is 15.4. The minimum absolute atomic E-state index is 0.0619. The monoisotopic (exact) mass is 429 g/mol. The first kappa shape index (κ1) is 21.7. The molecule has 0 spiro atoms. The number of nitrogens with zero attached hydrogens (tertiary/aromatic N) is 1. The summed E-state index contributed by atoms with van der Waals surface area (Å²) in [6.07, 6.45) is 0.512. The summed E-state index contributed by atoms with van der Waals surface area (Å²) < 4.78 is 5.46. The molecule has 3 atom stereocenters. The number of ether oxygens (including phenoxy) is 1. The zero-order valence-corrected chi connectivity index (χ0v) is 17.8. The second kappa shape index (κ2) is 9.77. The van der Waals surface area contributed by atoms with Crippen molar-refractivity contribution in [3.05, 3.63) is 102 Å². The highest BCUT2D eigenvalue weighted by Gasteiger charge is 2.35. The highest BCUT2D eigenvalue weighted by molar-refractivity contribution is 6.14. The lowest BCUT2D eigenvalue weighted by molar-refractivity contribution is -0.119. The van der Waals surface area contributed by atoms with Crippen molar-refractivity contribution in [2.75, 3.05) is 4.90 Å². The van der Waals surface area contributed by atoms with Crippen LogP contribution >= 0.6 is 0 Å². The van der Waals surface area contributed by atoms with Crippen LogP contribution in [0, 0.1) is 0 Å². The lowest BCUT2D eigenvalue weighted by atomic mass is 10.0. The molecule has 1 fully saturated rings. The Morgan fingerprint density at radius 2 is 1.47 bits per heavy atom. The SMILES string of the molecule is NC1CC1c1ccc(N(C(=O)OCc2ccccc2)C(=O)[C@H](N)Cc2ccccc2)cc1. The average Bonchev–Trinajstić information content (AvgIpc) is 3.56. The molecule has 0 bridgehead atoms. The number of benzene rings is 3. The summed E-state index contributed by atoms with van der Waals surface area (Å²) in [4.78, 5) is 27.3. The molecule has 6 heteroatoms. The van der Waals surface area contributed by atoms with Crippen LogP contribution in [0.25, 0.3) is 0 Å². The molecule has 0 saturated heterocycles. The van der Waals surface area contributed by atoms with Crippen LogP contribution in [0.3, 0.4) is 0 Å². The van der Waals surface area contributed by atoms with Crippen LogP contribution in [0.4, 0.5) is 10.5 Å². The molecule has 164 valence electrons. The van der Waals surface area contributed by atoms with Crippen molar-refractivity contribution >= 4 is 17.7 Å². The summed E-state index contributed by atoms with van der Waals surface area (Å²) in [6.45, 7) is 0.0619. The number of anilines is 1. The number of hydrogen-bond acceptors (Lipinski definition) is 5. The fourth-order valence-electron chi connectivity index (χ4n) is 3.70. The largest absolute Gasteiger partial charge is 0.444 e. The van der Waals surface area contributed by atoms with Crippen LogP contribution < -0.4 is 16.4 Å². The fourth-order valence-corrected chi connectivity index (χ4v) is 3.70. The third-order valence-corrected chi connectivity index (χ3v) is 5.64. The molecule has 32 heavy (non-hydrogen) atoms. The van der Waals surface area contributed by atoms with Gasteiger partial charge in [-0.3, -0.25) is 4.79 Å². The van der Waals surface area contributed by atoms with Crippen LogP contribution in [-0.2, 0) is 22.6 Å². The quantitative estimate of drug-likeness (QED) is 0.596. The Bertz CT molecular complexity index is 1050. The van der Waals surface area contributed by atoms with E-state index in [0.717, 1.165) is 28.0 Å². The molecule has 2 amide bonds. The molecule has 3 aromatic carbocycles. The van der Waals surface area contributed by atoms with E-state index in [9.17, 15) is 9.59 Å². The molecule has 4 N–H and O–H groups in total. The summed E-state index contributed by atoms with van der Waals surface area (Å²) >= 11 is 0. The first-order valence-corrected chi connectivity index (χ1v) is 10.7. The van der Waals surface area contributed by atoms with Crippen LogP contribution in [0.15, 0.2) is 84.9 Å². The third kappa shape index (κ3) is 5.22. The number of carbonyl (C=O) groups is 2. The Balaban J connectivity index is 1.53. The first-order valence-electron chi connectivity index (χ1n) is 10.7. The Kier molecular flexibility index (Phi) is 6.63. The molecular weight excluding hydrogens is 402 g/mol. The molecule has 0 heterocycles. The number of carbonyl (C=O) groups excluding carboxylic acids is 2. The molecule has 3 aromatic rings. The molecular formula is C26H27N3O3. The highest BCUT2D eigenvalue weighted by Crippen LogP contribution is 2.39. The van der Waals surface area contributed by atoms with E-state index in [1.165, 1.54) is 0 Å². The molecule has 1 aliphatic rings. The van der Waals surface area contributed by atoms with E-state index in [-0.39, 0.29) is 12.6 Å². The summed E-state index contributed by atoms with van der Waals surface area (Å²) in [6, 6.07) is 25.4. The Labute approximate surface area is 187 Å².